The smallest absolute Gasteiger partial charge is 0.268 e. The molecule has 1 aliphatic heterocycles. The van der Waals surface area contributed by atoms with E-state index in [1.54, 1.807) is 12.1 Å². The minimum absolute atomic E-state index is 0.0646. The number of benzene rings is 2. The molecule has 0 aliphatic carbocycles. The molecule has 2 aromatic rings. The molecule has 0 atom stereocenters. The Morgan fingerprint density at radius 2 is 1.73 bits per heavy atom. The lowest BCUT2D eigenvalue weighted by Gasteiger charge is -2.14. The molecule has 110 valence electrons. The monoisotopic (exact) mass is 408 g/mol. The minimum atomic E-state index is -0.588. The van der Waals surface area contributed by atoms with Crippen molar-refractivity contribution in [2.75, 3.05) is 4.90 Å². The summed E-state index contributed by atoms with van der Waals surface area (Å²) >= 11 is 2.13. The fourth-order valence-electron chi connectivity index (χ4n) is 2.30. The van der Waals surface area contributed by atoms with Crippen LogP contribution in [0.3, 0.4) is 0 Å². The van der Waals surface area contributed by atoms with Gasteiger partial charge in [-0.25, -0.2) is 4.90 Å². The molecule has 1 aliphatic rings. The Labute approximate surface area is 139 Å². The van der Waals surface area contributed by atoms with Crippen LogP contribution in [-0.4, -0.2) is 16.7 Å². The first-order chi connectivity index (χ1) is 10.4. The van der Waals surface area contributed by atoms with Crippen LogP contribution < -0.4 is 4.90 Å². The van der Waals surface area contributed by atoms with E-state index in [-0.39, 0.29) is 16.8 Å². The third-order valence-corrected chi connectivity index (χ3v) is 4.66. The van der Waals surface area contributed by atoms with E-state index >= 15 is 0 Å². The van der Waals surface area contributed by atoms with Gasteiger partial charge in [0.2, 0.25) is 0 Å². The second kappa shape index (κ2) is 5.16. The Kier molecular flexibility index (Phi) is 3.44. The average molecular weight is 408 g/mol. The molecule has 0 radical (unpaired) electrons. The van der Waals surface area contributed by atoms with Crippen molar-refractivity contribution in [3.63, 3.8) is 0 Å². The lowest BCUT2D eigenvalue weighted by molar-refractivity contribution is -0.384. The summed E-state index contributed by atoms with van der Waals surface area (Å²) < 4.78 is 0.928. The molecular formula is C15H9IN2O4. The third kappa shape index (κ3) is 2.17. The zero-order valence-electron chi connectivity index (χ0n) is 11.4. The first-order valence-electron chi connectivity index (χ1n) is 6.33. The van der Waals surface area contributed by atoms with Gasteiger partial charge in [0.25, 0.3) is 17.5 Å². The van der Waals surface area contributed by atoms with Crippen molar-refractivity contribution in [3.8, 4) is 0 Å². The maximum Gasteiger partial charge on any atom is 0.270 e. The van der Waals surface area contributed by atoms with Gasteiger partial charge in [-0.1, -0.05) is 6.07 Å². The summed E-state index contributed by atoms with van der Waals surface area (Å²) in [6, 6.07) is 8.96. The summed E-state index contributed by atoms with van der Waals surface area (Å²) in [7, 11) is 0. The van der Waals surface area contributed by atoms with Crippen LogP contribution in [0.4, 0.5) is 11.4 Å². The number of amides is 2. The van der Waals surface area contributed by atoms with Crippen LogP contribution in [0.2, 0.25) is 0 Å². The van der Waals surface area contributed by atoms with Crippen molar-refractivity contribution >= 4 is 45.8 Å². The largest absolute Gasteiger partial charge is 0.270 e. The normalized spacial score (nSPS) is 13.5. The van der Waals surface area contributed by atoms with Crippen LogP contribution in [0.25, 0.3) is 0 Å². The zero-order valence-corrected chi connectivity index (χ0v) is 13.5. The summed E-state index contributed by atoms with van der Waals surface area (Å²) in [4.78, 5) is 36.2. The van der Waals surface area contributed by atoms with Gasteiger partial charge in [-0.05, 0) is 53.3 Å². The molecule has 2 aromatic carbocycles. The Morgan fingerprint density at radius 3 is 2.36 bits per heavy atom. The highest BCUT2D eigenvalue weighted by Gasteiger charge is 2.37. The molecule has 0 fully saturated rings. The number of imide groups is 1. The number of rotatable bonds is 2. The average Bonchev–Trinajstić information content (AvgIpc) is 2.73. The first kappa shape index (κ1) is 14.6. The molecule has 0 N–H and O–H groups in total. The predicted octanol–water partition coefficient (Wildman–Crippen LogP) is 3.31. The van der Waals surface area contributed by atoms with Crippen molar-refractivity contribution in [1.29, 1.82) is 0 Å². The van der Waals surface area contributed by atoms with E-state index in [0.29, 0.717) is 5.69 Å². The number of hydrogen-bond donors (Lipinski definition) is 0. The highest BCUT2D eigenvalue weighted by atomic mass is 127. The topological polar surface area (TPSA) is 80.5 Å². The van der Waals surface area contributed by atoms with Crippen molar-refractivity contribution in [2.24, 2.45) is 0 Å². The van der Waals surface area contributed by atoms with Gasteiger partial charge in [0.1, 0.15) is 0 Å². The SMILES string of the molecule is Cc1ccc(N2C(=O)c3ccc([N+](=O)[O-])cc3C2=O)cc1I. The Morgan fingerprint density at radius 1 is 1.05 bits per heavy atom. The highest BCUT2D eigenvalue weighted by Crippen LogP contribution is 2.31. The summed E-state index contributed by atoms with van der Waals surface area (Å²) in [5.74, 6) is -1.00. The maximum atomic E-state index is 12.5. The van der Waals surface area contributed by atoms with E-state index in [9.17, 15) is 19.7 Å². The predicted molar refractivity (Wildman–Crippen MR) is 88.1 cm³/mol. The number of halogens is 1. The second-order valence-corrected chi connectivity index (χ2v) is 6.03. The first-order valence-corrected chi connectivity index (χ1v) is 7.41. The van der Waals surface area contributed by atoms with E-state index in [2.05, 4.69) is 22.6 Å². The Hall–Kier alpha value is -2.29. The lowest BCUT2D eigenvalue weighted by Crippen LogP contribution is -2.29. The van der Waals surface area contributed by atoms with Gasteiger partial charge in [0, 0.05) is 15.7 Å². The van der Waals surface area contributed by atoms with Gasteiger partial charge < -0.3 is 0 Å². The molecular weight excluding hydrogens is 399 g/mol. The number of hydrogen-bond acceptors (Lipinski definition) is 4. The van der Waals surface area contributed by atoms with Gasteiger partial charge in [-0.3, -0.25) is 19.7 Å². The van der Waals surface area contributed by atoms with Crippen LogP contribution >= 0.6 is 22.6 Å². The Balaban J connectivity index is 2.09. The minimum Gasteiger partial charge on any atom is -0.268 e. The molecule has 7 heteroatoms. The fraction of sp³-hybridized carbons (Fsp3) is 0.0667. The summed E-state index contributed by atoms with van der Waals surface area (Å²) in [6.07, 6.45) is 0. The molecule has 22 heavy (non-hydrogen) atoms. The number of carbonyl (C=O) groups excluding carboxylic acids is 2. The number of non-ortho nitro benzene ring substituents is 1. The second-order valence-electron chi connectivity index (χ2n) is 4.87. The molecule has 0 unspecified atom stereocenters. The van der Waals surface area contributed by atoms with Crippen molar-refractivity contribution in [3.05, 3.63) is 66.8 Å². The van der Waals surface area contributed by atoms with E-state index in [1.807, 2.05) is 13.0 Å². The third-order valence-electron chi connectivity index (χ3n) is 3.49. The van der Waals surface area contributed by atoms with Gasteiger partial charge in [0.05, 0.1) is 21.7 Å². The number of anilines is 1. The summed E-state index contributed by atoms with van der Waals surface area (Å²) in [6.45, 7) is 1.93. The van der Waals surface area contributed by atoms with Crippen LogP contribution in [0, 0.1) is 20.6 Å². The molecule has 1 heterocycles. The summed E-state index contributed by atoms with van der Waals surface area (Å²) in [5, 5.41) is 10.8. The van der Waals surface area contributed by atoms with E-state index in [4.69, 9.17) is 0 Å². The standard InChI is InChI=1S/C15H9IN2O4/c1-8-2-3-9(7-13(8)16)17-14(19)11-5-4-10(18(21)22)6-12(11)15(17)20/h2-7H,1H3. The number of nitro benzene ring substituents is 1. The Bertz CT molecular complexity index is 847. The van der Waals surface area contributed by atoms with Crippen LogP contribution in [0.1, 0.15) is 26.3 Å². The van der Waals surface area contributed by atoms with Crippen LogP contribution in [-0.2, 0) is 0 Å². The van der Waals surface area contributed by atoms with Gasteiger partial charge >= 0.3 is 0 Å². The number of aryl methyl sites for hydroxylation is 1. The van der Waals surface area contributed by atoms with Crippen molar-refractivity contribution in [1.82, 2.24) is 0 Å². The molecule has 0 bridgehead atoms. The van der Waals surface area contributed by atoms with E-state index in [1.165, 1.54) is 12.1 Å². The fourth-order valence-corrected chi connectivity index (χ4v) is 2.80. The highest BCUT2D eigenvalue weighted by molar-refractivity contribution is 14.1. The maximum absolute atomic E-state index is 12.5. The zero-order chi connectivity index (χ0) is 16.0. The van der Waals surface area contributed by atoms with E-state index < -0.39 is 16.7 Å². The van der Waals surface area contributed by atoms with Crippen LogP contribution in [0.15, 0.2) is 36.4 Å². The molecule has 0 aromatic heterocycles. The van der Waals surface area contributed by atoms with Crippen molar-refractivity contribution in [2.45, 2.75) is 6.92 Å². The molecule has 0 saturated heterocycles. The van der Waals surface area contributed by atoms with E-state index in [0.717, 1.165) is 20.1 Å². The molecule has 3 rings (SSSR count). The molecule has 2 amide bonds. The molecule has 6 nitrogen and oxygen atoms in total. The van der Waals surface area contributed by atoms with Gasteiger partial charge in [-0.15, -0.1) is 0 Å². The van der Waals surface area contributed by atoms with Crippen LogP contribution in [0.5, 0.6) is 0 Å². The number of carbonyl (C=O) groups is 2. The number of fused-ring (bicyclic) bond motifs is 1. The van der Waals surface area contributed by atoms with Crippen molar-refractivity contribution < 1.29 is 14.5 Å². The summed E-state index contributed by atoms with van der Waals surface area (Å²) in [5.41, 5.74) is 1.54. The molecule has 0 saturated carbocycles. The van der Waals surface area contributed by atoms with Gasteiger partial charge in [0.15, 0.2) is 0 Å². The quantitative estimate of drug-likeness (QED) is 0.331. The number of nitrogens with zero attached hydrogens (tertiary/aromatic N) is 2. The lowest BCUT2D eigenvalue weighted by atomic mass is 10.1. The van der Waals surface area contributed by atoms with Gasteiger partial charge in [-0.2, -0.15) is 0 Å². The molecule has 0 spiro atoms. The number of nitro groups is 1.